The lowest BCUT2D eigenvalue weighted by Crippen LogP contribution is -2.53. The third-order valence-corrected chi connectivity index (χ3v) is 4.62. The summed E-state index contributed by atoms with van der Waals surface area (Å²) in [5, 5.41) is 11.5. The molecule has 1 heterocycles. The maximum absolute atomic E-state index is 12.4. The Kier molecular flexibility index (Phi) is 9.95. The van der Waals surface area contributed by atoms with Crippen LogP contribution in [0.15, 0.2) is 0 Å². The zero-order valence-corrected chi connectivity index (χ0v) is 15.6. The van der Waals surface area contributed by atoms with E-state index in [1.807, 2.05) is 0 Å². The molecule has 1 atom stereocenters. The van der Waals surface area contributed by atoms with E-state index in [0.29, 0.717) is 19.0 Å². The summed E-state index contributed by atoms with van der Waals surface area (Å²) in [7, 11) is 0. The number of rotatable bonds is 9. The molecule has 0 spiro atoms. The third kappa shape index (κ3) is 7.62. The molecule has 140 valence electrons. The van der Waals surface area contributed by atoms with Gasteiger partial charge in [-0.05, 0) is 25.2 Å². The Morgan fingerprint density at radius 3 is 2.29 bits per heavy atom. The van der Waals surface area contributed by atoms with E-state index in [-0.39, 0.29) is 24.5 Å². The van der Waals surface area contributed by atoms with Gasteiger partial charge in [-0.3, -0.25) is 15.0 Å². The van der Waals surface area contributed by atoms with Crippen molar-refractivity contribution in [3.8, 4) is 0 Å². The van der Waals surface area contributed by atoms with E-state index in [1.165, 1.54) is 0 Å². The number of aliphatic hydroxyl groups is 1. The van der Waals surface area contributed by atoms with E-state index >= 15 is 0 Å². The van der Waals surface area contributed by atoms with E-state index in [0.717, 1.165) is 51.7 Å². The second kappa shape index (κ2) is 11.4. The fourth-order valence-corrected chi connectivity index (χ4v) is 3.04. The Morgan fingerprint density at radius 2 is 1.75 bits per heavy atom. The van der Waals surface area contributed by atoms with Gasteiger partial charge in [0.1, 0.15) is 0 Å². The highest BCUT2D eigenvalue weighted by molar-refractivity contribution is 5.95. The number of aliphatic hydroxyl groups excluding tert-OH is 1. The zero-order valence-electron chi connectivity index (χ0n) is 15.6. The van der Waals surface area contributed by atoms with Crippen molar-refractivity contribution < 1.29 is 14.7 Å². The quantitative estimate of drug-likeness (QED) is 0.673. The lowest BCUT2D eigenvalue weighted by atomic mass is 9.93. The fourth-order valence-electron chi connectivity index (χ4n) is 3.04. The summed E-state index contributed by atoms with van der Waals surface area (Å²) in [4.78, 5) is 28.7. The predicted molar refractivity (Wildman–Crippen MR) is 95.7 cm³/mol. The minimum absolute atomic E-state index is 0.0628. The number of nitrogens with zero attached hydrogens (tertiary/aromatic N) is 2. The number of hydrogen-bond donors (Lipinski definition) is 2. The number of nitrogens with one attached hydrogen (secondary N) is 1. The van der Waals surface area contributed by atoms with Crippen LogP contribution in [-0.4, -0.2) is 66.2 Å². The molecule has 0 bridgehead atoms. The van der Waals surface area contributed by atoms with Crippen LogP contribution in [0.4, 0.5) is 4.79 Å². The molecule has 6 heteroatoms. The first-order chi connectivity index (χ1) is 11.5. The lowest BCUT2D eigenvalue weighted by Gasteiger charge is -2.34. The molecule has 1 fully saturated rings. The monoisotopic (exact) mass is 341 g/mol. The van der Waals surface area contributed by atoms with Crippen LogP contribution < -0.4 is 5.32 Å². The Labute approximate surface area is 146 Å². The molecule has 3 amide bonds. The van der Waals surface area contributed by atoms with Crippen LogP contribution in [0.25, 0.3) is 0 Å². The van der Waals surface area contributed by atoms with Crippen LogP contribution in [0.3, 0.4) is 0 Å². The van der Waals surface area contributed by atoms with E-state index in [1.54, 1.807) is 4.90 Å². The van der Waals surface area contributed by atoms with Crippen molar-refractivity contribution in [3.05, 3.63) is 0 Å². The highest BCUT2D eigenvalue weighted by Gasteiger charge is 2.25. The highest BCUT2D eigenvalue weighted by Crippen LogP contribution is 2.17. The third-order valence-electron chi connectivity index (χ3n) is 4.62. The predicted octanol–water partition coefficient (Wildman–Crippen LogP) is 2.08. The van der Waals surface area contributed by atoms with Gasteiger partial charge < -0.3 is 10.0 Å². The van der Waals surface area contributed by atoms with Crippen LogP contribution in [0.5, 0.6) is 0 Å². The number of piperazine rings is 1. The number of hydrogen-bond acceptors (Lipinski definition) is 4. The SMILES string of the molecule is CCC[C@@H](CCC(C)C)C(=O)NC(=O)N1CCN(CCCO)CC1. The summed E-state index contributed by atoms with van der Waals surface area (Å²) in [6.45, 7) is 10.3. The van der Waals surface area contributed by atoms with Gasteiger partial charge in [0, 0.05) is 45.2 Å². The molecule has 0 aliphatic carbocycles. The molecule has 1 aliphatic heterocycles. The maximum atomic E-state index is 12.4. The fraction of sp³-hybridized carbons (Fsp3) is 0.889. The second-order valence-electron chi connectivity index (χ2n) is 7.16. The number of imide groups is 1. The van der Waals surface area contributed by atoms with Gasteiger partial charge in [0.15, 0.2) is 0 Å². The molecule has 0 aromatic rings. The summed E-state index contributed by atoms with van der Waals surface area (Å²) in [5.74, 6) is 0.386. The van der Waals surface area contributed by atoms with Gasteiger partial charge in [0.05, 0.1) is 0 Å². The summed E-state index contributed by atoms with van der Waals surface area (Å²) in [5.41, 5.74) is 0. The van der Waals surface area contributed by atoms with Crippen LogP contribution in [0, 0.1) is 11.8 Å². The molecule has 0 aromatic heterocycles. The Hall–Kier alpha value is -1.14. The Balaban J connectivity index is 2.40. The second-order valence-corrected chi connectivity index (χ2v) is 7.16. The van der Waals surface area contributed by atoms with Gasteiger partial charge in [-0.2, -0.15) is 0 Å². The van der Waals surface area contributed by atoms with Gasteiger partial charge >= 0.3 is 6.03 Å². The molecule has 1 saturated heterocycles. The van der Waals surface area contributed by atoms with E-state index in [4.69, 9.17) is 5.11 Å². The Morgan fingerprint density at radius 1 is 1.08 bits per heavy atom. The summed E-state index contributed by atoms with van der Waals surface area (Å²) >= 11 is 0. The van der Waals surface area contributed by atoms with Crippen molar-refractivity contribution in [1.82, 2.24) is 15.1 Å². The largest absolute Gasteiger partial charge is 0.396 e. The highest BCUT2D eigenvalue weighted by atomic mass is 16.3. The maximum Gasteiger partial charge on any atom is 0.324 e. The number of amides is 3. The molecular formula is C18H35N3O3. The lowest BCUT2D eigenvalue weighted by molar-refractivity contribution is -0.124. The van der Waals surface area contributed by atoms with Gasteiger partial charge in [-0.25, -0.2) is 4.79 Å². The van der Waals surface area contributed by atoms with Crippen LogP contribution >= 0.6 is 0 Å². The molecule has 2 N–H and O–H groups in total. The van der Waals surface area contributed by atoms with Gasteiger partial charge in [0.25, 0.3) is 0 Å². The van der Waals surface area contributed by atoms with Gasteiger partial charge in [0.2, 0.25) is 5.91 Å². The average Bonchev–Trinajstić information content (AvgIpc) is 2.56. The first kappa shape index (κ1) is 20.9. The normalized spacial score (nSPS) is 17.1. The molecule has 0 radical (unpaired) electrons. The van der Waals surface area contributed by atoms with Crippen LogP contribution in [0.2, 0.25) is 0 Å². The van der Waals surface area contributed by atoms with Crippen molar-refractivity contribution >= 4 is 11.9 Å². The molecule has 6 nitrogen and oxygen atoms in total. The summed E-state index contributed by atoms with van der Waals surface area (Å²) in [6, 6.07) is -0.257. The smallest absolute Gasteiger partial charge is 0.324 e. The van der Waals surface area contributed by atoms with Crippen molar-refractivity contribution in [2.24, 2.45) is 11.8 Å². The van der Waals surface area contributed by atoms with Crippen molar-refractivity contribution in [2.45, 2.75) is 52.9 Å². The number of urea groups is 1. The van der Waals surface area contributed by atoms with E-state index in [9.17, 15) is 9.59 Å². The minimum Gasteiger partial charge on any atom is -0.396 e. The van der Waals surface area contributed by atoms with Gasteiger partial charge in [-0.15, -0.1) is 0 Å². The summed E-state index contributed by atoms with van der Waals surface area (Å²) in [6.07, 6.45) is 4.41. The molecule has 1 aliphatic rings. The molecule has 1 rings (SSSR count). The number of carbonyl (C=O) groups is 2. The first-order valence-electron chi connectivity index (χ1n) is 9.40. The first-order valence-corrected chi connectivity index (χ1v) is 9.40. The van der Waals surface area contributed by atoms with Crippen molar-refractivity contribution in [1.29, 1.82) is 0 Å². The Bertz CT molecular complexity index is 380. The molecule has 0 saturated carbocycles. The molecule has 0 aromatic carbocycles. The van der Waals surface area contributed by atoms with Crippen LogP contribution in [-0.2, 0) is 4.79 Å². The zero-order chi connectivity index (χ0) is 17.9. The molecular weight excluding hydrogens is 306 g/mol. The van der Waals surface area contributed by atoms with Crippen LogP contribution in [0.1, 0.15) is 52.9 Å². The standard InChI is InChI=1S/C18H35N3O3/c1-4-6-16(8-7-15(2)3)17(23)19-18(24)21-12-10-20(11-13-21)9-5-14-22/h15-16,22H,4-14H2,1-3H3,(H,19,23,24)/t16-/m0/s1. The summed E-state index contributed by atoms with van der Waals surface area (Å²) < 4.78 is 0. The van der Waals surface area contributed by atoms with E-state index in [2.05, 4.69) is 31.0 Å². The van der Waals surface area contributed by atoms with E-state index < -0.39 is 0 Å². The van der Waals surface area contributed by atoms with Crippen molar-refractivity contribution in [3.63, 3.8) is 0 Å². The number of carbonyl (C=O) groups excluding carboxylic acids is 2. The molecule has 24 heavy (non-hydrogen) atoms. The average molecular weight is 341 g/mol. The van der Waals surface area contributed by atoms with Crippen molar-refractivity contribution in [2.75, 3.05) is 39.3 Å². The topological polar surface area (TPSA) is 72.9 Å². The molecule has 0 unspecified atom stereocenters. The van der Waals surface area contributed by atoms with Gasteiger partial charge in [-0.1, -0.05) is 33.6 Å². The minimum atomic E-state index is -0.257.